The van der Waals surface area contributed by atoms with E-state index in [1.54, 1.807) is 0 Å². The number of rotatable bonds is 2. The number of carbonyl (C=O) groups is 2. The van der Waals surface area contributed by atoms with Crippen LogP contribution in [0.2, 0.25) is 0 Å². The number of urea groups is 1. The van der Waals surface area contributed by atoms with E-state index in [0.717, 1.165) is 19.5 Å². The fourth-order valence-electron chi connectivity index (χ4n) is 4.00. The highest BCUT2D eigenvalue weighted by atomic mass is 16.4. The molecule has 1 saturated heterocycles. The molecular weight excluding hydrogens is 244 g/mol. The molecule has 2 aliphatic carbocycles. The first-order chi connectivity index (χ1) is 9.13. The van der Waals surface area contributed by atoms with E-state index in [4.69, 9.17) is 5.11 Å². The third kappa shape index (κ3) is 2.55. The summed E-state index contributed by atoms with van der Waals surface area (Å²) in [5.41, 5.74) is 0. The van der Waals surface area contributed by atoms with Crippen molar-refractivity contribution in [3.05, 3.63) is 0 Å². The van der Waals surface area contributed by atoms with E-state index >= 15 is 0 Å². The molecule has 1 aliphatic heterocycles. The lowest BCUT2D eigenvalue weighted by Crippen LogP contribution is -2.43. The Morgan fingerprint density at radius 1 is 1.05 bits per heavy atom. The molecule has 5 heteroatoms. The van der Waals surface area contributed by atoms with Crippen molar-refractivity contribution in [2.45, 2.75) is 44.6 Å². The van der Waals surface area contributed by atoms with Crippen LogP contribution in [0.1, 0.15) is 38.5 Å². The van der Waals surface area contributed by atoms with E-state index in [-0.39, 0.29) is 18.0 Å². The molecule has 3 fully saturated rings. The molecule has 3 rings (SSSR count). The Balaban J connectivity index is 1.48. The van der Waals surface area contributed by atoms with Gasteiger partial charge in [0.1, 0.15) is 0 Å². The number of nitrogens with zero attached hydrogens (tertiary/aromatic N) is 1. The van der Waals surface area contributed by atoms with Gasteiger partial charge in [0, 0.05) is 19.1 Å². The maximum Gasteiger partial charge on any atom is 0.317 e. The summed E-state index contributed by atoms with van der Waals surface area (Å²) in [7, 11) is 0. The van der Waals surface area contributed by atoms with Crippen molar-refractivity contribution in [1.82, 2.24) is 10.2 Å². The van der Waals surface area contributed by atoms with Crippen molar-refractivity contribution in [3.8, 4) is 0 Å². The minimum atomic E-state index is -0.729. The lowest BCUT2D eigenvalue weighted by Gasteiger charge is -2.21. The Labute approximate surface area is 113 Å². The molecular formula is C14H22N2O3. The first kappa shape index (κ1) is 12.8. The van der Waals surface area contributed by atoms with Gasteiger partial charge in [0.25, 0.3) is 0 Å². The van der Waals surface area contributed by atoms with Gasteiger partial charge < -0.3 is 15.3 Å². The Kier molecular flexibility index (Phi) is 3.37. The summed E-state index contributed by atoms with van der Waals surface area (Å²) in [5, 5.41) is 12.0. The van der Waals surface area contributed by atoms with Gasteiger partial charge in [0.2, 0.25) is 0 Å². The molecule has 2 amide bonds. The Hall–Kier alpha value is -1.26. The van der Waals surface area contributed by atoms with Crippen molar-refractivity contribution in [3.63, 3.8) is 0 Å². The maximum atomic E-state index is 12.2. The number of carbonyl (C=O) groups excluding carboxylic acids is 1. The van der Waals surface area contributed by atoms with Crippen molar-refractivity contribution in [2.24, 2.45) is 17.8 Å². The monoisotopic (exact) mass is 266 g/mol. The second-order valence-electron chi connectivity index (χ2n) is 6.35. The molecule has 3 aliphatic rings. The second kappa shape index (κ2) is 5.02. The van der Waals surface area contributed by atoms with E-state index in [2.05, 4.69) is 5.32 Å². The zero-order valence-corrected chi connectivity index (χ0v) is 11.2. The van der Waals surface area contributed by atoms with E-state index in [9.17, 15) is 9.59 Å². The fraction of sp³-hybridized carbons (Fsp3) is 0.857. The Morgan fingerprint density at radius 2 is 1.74 bits per heavy atom. The third-order valence-corrected chi connectivity index (χ3v) is 5.12. The van der Waals surface area contributed by atoms with Crippen LogP contribution < -0.4 is 5.32 Å². The number of nitrogens with one attached hydrogen (secondary N) is 1. The van der Waals surface area contributed by atoms with Gasteiger partial charge in [0.15, 0.2) is 0 Å². The first-order valence-corrected chi connectivity index (χ1v) is 7.41. The highest BCUT2D eigenvalue weighted by Crippen LogP contribution is 2.37. The maximum absolute atomic E-state index is 12.2. The standard InChI is InChI=1S/C14H22N2O3/c17-13(18)9-4-5-12(6-9)15-14(19)16-7-10-2-1-3-11(10)8-16/h9-12H,1-8H2,(H,15,19)(H,17,18)/t9-,10?,11?,12+/m1/s1. The molecule has 0 aromatic carbocycles. The van der Waals surface area contributed by atoms with Crippen molar-refractivity contribution in [1.29, 1.82) is 0 Å². The molecule has 19 heavy (non-hydrogen) atoms. The van der Waals surface area contributed by atoms with Crippen molar-refractivity contribution < 1.29 is 14.7 Å². The van der Waals surface area contributed by atoms with Gasteiger partial charge in [-0.1, -0.05) is 6.42 Å². The van der Waals surface area contributed by atoms with Crippen LogP contribution in [0.15, 0.2) is 0 Å². The average Bonchev–Trinajstić information content (AvgIpc) is 3.02. The van der Waals surface area contributed by atoms with Crippen LogP contribution in [-0.4, -0.2) is 41.1 Å². The molecule has 1 heterocycles. The van der Waals surface area contributed by atoms with Crippen LogP contribution in [-0.2, 0) is 4.79 Å². The summed E-state index contributed by atoms with van der Waals surface area (Å²) in [6.07, 6.45) is 5.91. The minimum Gasteiger partial charge on any atom is -0.481 e. The van der Waals surface area contributed by atoms with Gasteiger partial charge >= 0.3 is 12.0 Å². The molecule has 0 bridgehead atoms. The summed E-state index contributed by atoms with van der Waals surface area (Å²) >= 11 is 0. The van der Waals surface area contributed by atoms with E-state index in [0.29, 0.717) is 24.7 Å². The van der Waals surface area contributed by atoms with Crippen LogP contribution in [0.25, 0.3) is 0 Å². The normalized spacial score (nSPS) is 37.4. The number of likely N-dealkylation sites (tertiary alicyclic amines) is 1. The molecule has 0 radical (unpaired) electrons. The van der Waals surface area contributed by atoms with E-state index < -0.39 is 5.97 Å². The molecule has 0 spiro atoms. The van der Waals surface area contributed by atoms with Gasteiger partial charge in [-0.05, 0) is 43.9 Å². The minimum absolute atomic E-state index is 0.0189. The molecule has 0 aromatic heterocycles. The average molecular weight is 266 g/mol. The zero-order chi connectivity index (χ0) is 13.4. The van der Waals surface area contributed by atoms with E-state index in [1.807, 2.05) is 4.90 Å². The summed E-state index contributed by atoms with van der Waals surface area (Å²) in [5.74, 6) is 0.415. The van der Waals surface area contributed by atoms with Gasteiger partial charge in [-0.15, -0.1) is 0 Å². The molecule has 2 unspecified atom stereocenters. The van der Waals surface area contributed by atoms with Crippen LogP contribution in [0, 0.1) is 17.8 Å². The molecule has 106 valence electrons. The van der Waals surface area contributed by atoms with Gasteiger partial charge in [-0.25, -0.2) is 4.79 Å². The quantitative estimate of drug-likeness (QED) is 0.799. The van der Waals surface area contributed by atoms with Gasteiger partial charge in [-0.2, -0.15) is 0 Å². The van der Waals surface area contributed by atoms with Crippen molar-refractivity contribution >= 4 is 12.0 Å². The SMILES string of the molecule is O=C(O)[C@@H]1CC[C@H](NC(=O)N2CC3CCCC3C2)C1. The number of aliphatic carboxylic acids is 1. The third-order valence-electron chi connectivity index (χ3n) is 5.12. The molecule has 4 atom stereocenters. The number of carboxylic acid groups (broad SMARTS) is 1. The second-order valence-corrected chi connectivity index (χ2v) is 6.35. The van der Waals surface area contributed by atoms with Crippen LogP contribution in [0.5, 0.6) is 0 Å². The number of hydrogen-bond acceptors (Lipinski definition) is 2. The largest absolute Gasteiger partial charge is 0.481 e. The number of carboxylic acids is 1. The van der Waals surface area contributed by atoms with Gasteiger partial charge in [-0.3, -0.25) is 4.79 Å². The Bertz CT molecular complexity index is 373. The fourth-order valence-corrected chi connectivity index (χ4v) is 4.00. The highest BCUT2D eigenvalue weighted by molar-refractivity contribution is 5.75. The van der Waals surface area contributed by atoms with Crippen LogP contribution in [0.3, 0.4) is 0 Å². The summed E-state index contributed by atoms with van der Waals surface area (Å²) in [6, 6.07) is 0.0690. The van der Waals surface area contributed by atoms with Crippen LogP contribution >= 0.6 is 0 Å². The number of hydrogen-bond donors (Lipinski definition) is 2. The number of fused-ring (bicyclic) bond motifs is 1. The lowest BCUT2D eigenvalue weighted by atomic mass is 10.0. The topological polar surface area (TPSA) is 69.6 Å². The predicted molar refractivity (Wildman–Crippen MR) is 69.7 cm³/mol. The van der Waals surface area contributed by atoms with E-state index in [1.165, 1.54) is 19.3 Å². The summed E-state index contributed by atoms with van der Waals surface area (Å²) in [6.45, 7) is 1.79. The lowest BCUT2D eigenvalue weighted by molar-refractivity contribution is -0.141. The predicted octanol–water partition coefficient (Wildman–Crippen LogP) is 1.68. The highest BCUT2D eigenvalue weighted by Gasteiger charge is 2.39. The van der Waals surface area contributed by atoms with Crippen LogP contribution in [0.4, 0.5) is 4.79 Å². The molecule has 2 saturated carbocycles. The Morgan fingerprint density at radius 3 is 2.32 bits per heavy atom. The van der Waals surface area contributed by atoms with Gasteiger partial charge in [0.05, 0.1) is 5.92 Å². The molecule has 0 aromatic rings. The summed E-state index contributed by atoms with van der Waals surface area (Å²) in [4.78, 5) is 25.0. The first-order valence-electron chi connectivity index (χ1n) is 7.41. The van der Waals surface area contributed by atoms with Crippen molar-refractivity contribution in [2.75, 3.05) is 13.1 Å². The smallest absolute Gasteiger partial charge is 0.317 e. The zero-order valence-electron chi connectivity index (χ0n) is 11.2. The summed E-state index contributed by atoms with van der Waals surface area (Å²) < 4.78 is 0. The number of amides is 2. The molecule has 2 N–H and O–H groups in total. The molecule has 5 nitrogen and oxygen atoms in total.